The van der Waals surface area contributed by atoms with Crippen molar-refractivity contribution in [2.75, 3.05) is 5.73 Å². The fraction of sp³-hybridized carbons (Fsp3) is 0. The third-order valence-corrected chi connectivity index (χ3v) is 1.04. The molecule has 0 saturated heterocycles. The molecule has 2 heteroatoms. The zero-order valence-corrected chi connectivity index (χ0v) is 4.91. The van der Waals surface area contributed by atoms with E-state index in [-0.39, 0.29) is 0 Å². The summed E-state index contributed by atoms with van der Waals surface area (Å²) in [7, 11) is 0. The van der Waals surface area contributed by atoms with E-state index in [1.807, 2.05) is 0 Å². The highest BCUT2D eigenvalue weighted by Gasteiger charge is 1.83. The first-order valence-electron chi connectivity index (χ1n) is 2.59. The average molecular weight is 119 g/mol. The molecule has 1 aromatic rings. The van der Waals surface area contributed by atoms with Gasteiger partial charge in [0.15, 0.2) is 0 Å². The molecule has 0 aromatic heterocycles. The smallest absolute Gasteiger partial charge is 0.0631 e. The van der Waals surface area contributed by atoms with E-state index in [1.54, 1.807) is 24.3 Å². The molecule has 9 heavy (non-hydrogen) atoms. The Morgan fingerprint density at radius 1 is 1.22 bits per heavy atom. The van der Waals surface area contributed by atoms with Gasteiger partial charge < -0.3 is 5.73 Å². The predicted molar refractivity (Wildman–Crippen MR) is 39.0 cm³/mol. The van der Waals surface area contributed by atoms with Crippen molar-refractivity contribution in [1.82, 2.24) is 0 Å². The molecule has 2 N–H and O–H groups in total. The zero-order valence-electron chi connectivity index (χ0n) is 4.91. The Morgan fingerprint density at radius 3 is 2.22 bits per heavy atom. The number of hydrogen-bond acceptors (Lipinski definition) is 2. The molecule has 1 rings (SSSR count). The zero-order chi connectivity index (χ0) is 6.69. The van der Waals surface area contributed by atoms with Gasteiger partial charge in [-0.3, -0.25) is 4.99 Å². The summed E-state index contributed by atoms with van der Waals surface area (Å²) in [4.78, 5) is 3.46. The fourth-order valence-corrected chi connectivity index (χ4v) is 0.560. The second kappa shape index (κ2) is 2.31. The van der Waals surface area contributed by atoms with Crippen molar-refractivity contribution in [3.8, 4) is 0 Å². The maximum Gasteiger partial charge on any atom is 0.0631 e. The standard InChI is InChI=1S/C7H7N2/c1-9-7-4-2-6(8)3-5-7/h1-5H,8H2. The van der Waals surface area contributed by atoms with E-state index in [2.05, 4.69) is 4.99 Å². The Hall–Kier alpha value is -1.31. The fourth-order valence-electron chi connectivity index (χ4n) is 0.560. The largest absolute Gasteiger partial charge is 0.399 e. The van der Waals surface area contributed by atoms with Crippen LogP contribution in [0.2, 0.25) is 0 Å². The van der Waals surface area contributed by atoms with Crippen LogP contribution in [0.25, 0.3) is 0 Å². The molecule has 0 aliphatic carbocycles. The monoisotopic (exact) mass is 119 g/mol. The topological polar surface area (TPSA) is 38.4 Å². The average Bonchev–Trinajstić information content (AvgIpc) is 1.90. The highest BCUT2D eigenvalue weighted by molar-refractivity contribution is 5.51. The summed E-state index contributed by atoms with van der Waals surface area (Å²) in [6.07, 6.45) is 0. The first kappa shape index (κ1) is 5.82. The van der Waals surface area contributed by atoms with Crippen LogP contribution in [0, 0.1) is 0 Å². The lowest BCUT2D eigenvalue weighted by molar-refractivity contribution is 1.55. The third kappa shape index (κ3) is 1.29. The molecule has 0 saturated carbocycles. The maximum atomic E-state index is 5.40. The minimum atomic E-state index is 0.724. The molecule has 0 bridgehead atoms. The van der Waals surface area contributed by atoms with Crippen molar-refractivity contribution in [1.29, 1.82) is 0 Å². The molecule has 45 valence electrons. The van der Waals surface area contributed by atoms with Crippen molar-refractivity contribution >= 4 is 18.1 Å². The molecule has 1 aromatic carbocycles. The molecule has 0 aliphatic heterocycles. The minimum absolute atomic E-state index is 0.724. The number of nitrogens with zero attached hydrogens (tertiary/aromatic N) is 1. The predicted octanol–water partition coefficient (Wildman–Crippen LogP) is 1.48. The Morgan fingerprint density at radius 2 is 1.78 bits per heavy atom. The summed E-state index contributed by atoms with van der Waals surface area (Å²) in [5, 5.41) is 0. The van der Waals surface area contributed by atoms with Crippen molar-refractivity contribution in [2.45, 2.75) is 0 Å². The van der Waals surface area contributed by atoms with Crippen molar-refractivity contribution < 1.29 is 0 Å². The van der Waals surface area contributed by atoms with Crippen LogP contribution in [0.1, 0.15) is 0 Å². The molecule has 0 atom stereocenters. The van der Waals surface area contributed by atoms with Gasteiger partial charge in [0.05, 0.1) is 5.69 Å². The molecule has 0 spiro atoms. The second-order valence-electron chi connectivity index (χ2n) is 1.72. The minimum Gasteiger partial charge on any atom is -0.399 e. The Kier molecular flexibility index (Phi) is 1.49. The molecule has 0 amide bonds. The summed E-state index contributed by atoms with van der Waals surface area (Å²) in [5.41, 5.74) is 6.86. The van der Waals surface area contributed by atoms with Crippen LogP contribution in [0.15, 0.2) is 29.3 Å². The SMILES string of the molecule is [CH]=Nc1ccc(N)cc1. The quantitative estimate of drug-likeness (QED) is 0.441. The summed E-state index contributed by atoms with van der Waals surface area (Å²) < 4.78 is 0. The number of aliphatic imine (C=N–C) groups is 1. The van der Waals surface area contributed by atoms with Gasteiger partial charge in [-0.1, -0.05) is 0 Å². The van der Waals surface area contributed by atoms with Gasteiger partial charge in [0.1, 0.15) is 0 Å². The lowest BCUT2D eigenvalue weighted by atomic mass is 10.3. The number of anilines is 1. The number of nitrogen functional groups attached to an aromatic ring is 1. The molecule has 0 fully saturated rings. The van der Waals surface area contributed by atoms with E-state index in [9.17, 15) is 0 Å². The van der Waals surface area contributed by atoms with Gasteiger partial charge in [-0.05, 0) is 24.3 Å². The Balaban J connectivity index is 3.01. The number of hydrogen-bond donors (Lipinski definition) is 1. The molecule has 0 unspecified atom stereocenters. The van der Waals surface area contributed by atoms with Crippen LogP contribution in [0.3, 0.4) is 0 Å². The van der Waals surface area contributed by atoms with E-state index < -0.39 is 0 Å². The number of rotatable bonds is 1. The Labute approximate surface area is 54.0 Å². The van der Waals surface area contributed by atoms with Crippen LogP contribution in [0.4, 0.5) is 11.4 Å². The van der Waals surface area contributed by atoms with Gasteiger partial charge in [-0.25, -0.2) is 0 Å². The molecular weight excluding hydrogens is 112 g/mol. The third-order valence-electron chi connectivity index (χ3n) is 1.04. The second-order valence-corrected chi connectivity index (χ2v) is 1.72. The summed E-state index contributed by atoms with van der Waals surface area (Å²) in [6, 6.07) is 7.03. The van der Waals surface area contributed by atoms with E-state index in [4.69, 9.17) is 12.5 Å². The van der Waals surface area contributed by atoms with Gasteiger partial charge in [-0.2, -0.15) is 0 Å². The molecule has 0 aliphatic rings. The first-order valence-corrected chi connectivity index (χ1v) is 2.59. The van der Waals surface area contributed by atoms with Gasteiger partial charge >= 0.3 is 0 Å². The van der Waals surface area contributed by atoms with Crippen LogP contribution in [-0.4, -0.2) is 6.72 Å². The van der Waals surface area contributed by atoms with Gasteiger partial charge in [0, 0.05) is 12.4 Å². The highest BCUT2D eigenvalue weighted by atomic mass is 14.7. The molecule has 1 radical (unpaired) electrons. The van der Waals surface area contributed by atoms with E-state index in [1.165, 1.54) is 0 Å². The van der Waals surface area contributed by atoms with E-state index >= 15 is 0 Å². The maximum absolute atomic E-state index is 5.40. The Bertz CT molecular complexity index is 201. The number of nitrogens with two attached hydrogens (primary N) is 1. The van der Waals surface area contributed by atoms with Crippen molar-refractivity contribution in [3.05, 3.63) is 24.3 Å². The van der Waals surface area contributed by atoms with Crippen LogP contribution < -0.4 is 5.73 Å². The highest BCUT2D eigenvalue weighted by Crippen LogP contribution is 2.11. The molecule has 2 nitrogen and oxygen atoms in total. The first-order chi connectivity index (χ1) is 4.33. The lowest BCUT2D eigenvalue weighted by Crippen LogP contribution is -1.80. The van der Waals surface area contributed by atoms with Gasteiger partial charge in [0.2, 0.25) is 0 Å². The van der Waals surface area contributed by atoms with Crippen LogP contribution in [-0.2, 0) is 0 Å². The summed E-state index contributed by atoms with van der Waals surface area (Å²) >= 11 is 0. The van der Waals surface area contributed by atoms with E-state index in [0.717, 1.165) is 11.4 Å². The van der Waals surface area contributed by atoms with Crippen molar-refractivity contribution in [3.63, 3.8) is 0 Å². The number of benzene rings is 1. The molecule has 0 heterocycles. The summed E-state index contributed by atoms with van der Waals surface area (Å²) in [6.45, 7) is 4.98. The normalized spacial score (nSPS) is 8.89. The van der Waals surface area contributed by atoms with E-state index in [0.29, 0.717) is 0 Å². The lowest BCUT2D eigenvalue weighted by Gasteiger charge is -1.91. The molecular formula is C7H7N2. The van der Waals surface area contributed by atoms with Gasteiger partial charge in [0.25, 0.3) is 0 Å². The van der Waals surface area contributed by atoms with Crippen molar-refractivity contribution in [2.24, 2.45) is 4.99 Å². The van der Waals surface area contributed by atoms with Gasteiger partial charge in [-0.15, -0.1) is 0 Å². The summed E-state index contributed by atoms with van der Waals surface area (Å²) in [5.74, 6) is 0. The van der Waals surface area contributed by atoms with Crippen LogP contribution in [0.5, 0.6) is 0 Å². The van der Waals surface area contributed by atoms with Crippen LogP contribution >= 0.6 is 0 Å².